The fourth-order valence-electron chi connectivity index (χ4n) is 2.73. The van der Waals surface area contributed by atoms with Crippen molar-refractivity contribution in [2.24, 2.45) is 4.99 Å². The summed E-state index contributed by atoms with van der Waals surface area (Å²) in [5, 5.41) is 9.99. The number of hydrogen-bond donors (Lipinski definition) is 0. The normalized spacial score (nSPS) is 16.7. The minimum absolute atomic E-state index is 0.103. The number of para-hydroxylation sites is 1. The Morgan fingerprint density at radius 3 is 2.96 bits per heavy atom. The summed E-state index contributed by atoms with van der Waals surface area (Å²) in [7, 11) is 0. The van der Waals surface area contributed by atoms with E-state index in [2.05, 4.69) is 24.1 Å². The van der Waals surface area contributed by atoms with Gasteiger partial charge in [-0.1, -0.05) is 49.7 Å². The maximum Gasteiger partial charge on any atom is 0.299 e. The van der Waals surface area contributed by atoms with E-state index in [0.717, 1.165) is 28.2 Å². The molecule has 0 radical (unpaired) electrons. The van der Waals surface area contributed by atoms with E-state index in [4.69, 9.17) is 9.72 Å². The summed E-state index contributed by atoms with van der Waals surface area (Å²) in [6, 6.07) is 10.7. The van der Waals surface area contributed by atoms with Crippen LogP contribution in [0.4, 0.5) is 5.13 Å². The maximum absolute atomic E-state index is 9.17. The molecule has 1 aliphatic heterocycles. The van der Waals surface area contributed by atoms with Gasteiger partial charge in [-0.2, -0.15) is 5.26 Å². The predicted octanol–water partition coefficient (Wildman–Crippen LogP) is 4.87. The van der Waals surface area contributed by atoms with Crippen LogP contribution in [-0.4, -0.2) is 23.7 Å². The van der Waals surface area contributed by atoms with Crippen LogP contribution in [0, 0.1) is 11.3 Å². The second-order valence-electron chi connectivity index (χ2n) is 5.93. The third-order valence-electron chi connectivity index (χ3n) is 4.05. The highest BCUT2D eigenvalue weighted by atomic mass is 32.1. The van der Waals surface area contributed by atoms with E-state index < -0.39 is 0 Å². The molecule has 0 N–H and O–H groups in total. The number of aliphatic imine (C=N–C) groups is 1. The van der Waals surface area contributed by atoms with Gasteiger partial charge in [0.15, 0.2) is 5.13 Å². The van der Waals surface area contributed by atoms with Gasteiger partial charge in [-0.25, -0.2) is 9.98 Å². The molecule has 0 aliphatic carbocycles. The number of thiazole rings is 1. The number of rotatable bonds is 7. The summed E-state index contributed by atoms with van der Waals surface area (Å²) in [4.78, 5) is 11.1. The lowest BCUT2D eigenvalue weighted by Crippen LogP contribution is -2.42. The second kappa shape index (κ2) is 8.63. The monoisotopic (exact) mass is 354 g/mol. The fraction of sp³-hybridized carbons (Fsp3) is 0.421. The van der Waals surface area contributed by atoms with Gasteiger partial charge < -0.3 is 4.74 Å². The number of aromatic nitrogens is 1. The van der Waals surface area contributed by atoms with Crippen molar-refractivity contribution in [2.45, 2.75) is 45.1 Å². The number of nitrogens with zero attached hydrogens (tertiary/aromatic N) is 4. The molecule has 1 aromatic carbocycles. The Balaban J connectivity index is 1.80. The number of amidine groups is 1. The summed E-state index contributed by atoms with van der Waals surface area (Å²) < 4.78 is 7.07. The number of fused-ring (bicyclic) bond motifs is 1. The molecule has 3 rings (SSSR count). The lowest BCUT2D eigenvalue weighted by molar-refractivity contribution is 0.282. The largest absolute Gasteiger partial charge is 0.465 e. The molecule has 5 nitrogen and oxygen atoms in total. The van der Waals surface area contributed by atoms with Crippen LogP contribution in [0.3, 0.4) is 0 Å². The quantitative estimate of drug-likeness (QED) is 0.666. The highest BCUT2D eigenvalue weighted by Crippen LogP contribution is 2.32. The lowest BCUT2D eigenvalue weighted by atomic mass is 10.2. The van der Waals surface area contributed by atoms with Crippen molar-refractivity contribution < 1.29 is 4.74 Å². The third-order valence-corrected chi connectivity index (χ3v) is 5.08. The molecule has 1 aromatic heterocycles. The fourth-order valence-corrected chi connectivity index (χ4v) is 3.75. The number of hydrogen-bond acceptors (Lipinski definition) is 6. The van der Waals surface area contributed by atoms with Crippen LogP contribution in [0.2, 0.25) is 0 Å². The van der Waals surface area contributed by atoms with Crippen LogP contribution < -0.4 is 4.90 Å². The molecule has 2 heterocycles. The first-order valence-corrected chi connectivity index (χ1v) is 9.54. The van der Waals surface area contributed by atoms with Gasteiger partial charge in [0.2, 0.25) is 0 Å². The van der Waals surface area contributed by atoms with E-state index in [1.807, 2.05) is 29.2 Å². The van der Waals surface area contributed by atoms with Crippen molar-refractivity contribution in [3.8, 4) is 6.07 Å². The number of anilines is 1. The van der Waals surface area contributed by atoms with Crippen LogP contribution in [0.5, 0.6) is 0 Å². The molecule has 1 atom stereocenters. The Kier molecular flexibility index (Phi) is 6.02. The number of unbranched alkanes of at least 4 members (excludes halogenated alkanes) is 3. The Morgan fingerprint density at radius 1 is 1.28 bits per heavy atom. The smallest absolute Gasteiger partial charge is 0.299 e. The molecule has 1 unspecified atom stereocenters. The minimum Gasteiger partial charge on any atom is -0.465 e. The summed E-state index contributed by atoms with van der Waals surface area (Å²) in [6.45, 7) is 2.82. The van der Waals surface area contributed by atoms with Gasteiger partial charge in [-0.3, -0.25) is 4.90 Å². The number of ether oxygens (including phenoxy) is 1. The average Bonchev–Trinajstić information content (AvgIpc) is 3.05. The SMILES string of the molecule is CCCCCCOC1=NC=CC(CC#N)N1c1nc2ccccc2s1. The van der Waals surface area contributed by atoms with Crippen molar-refractivity contribution >= 4 is 32.7 Å². The number of nitriles is 1. The minimum atomic E-state index is -0.103. The van der Waals surface area contributed by atoms with Gasteiger partial charge in [-0.15, -0.1) is 0 Å². The standard InChI is InChI=1S/C19H22N4OS/c1-2-3-4-7-14-24-18-21-13-11-15(10-12-20)23(18)19-22-16-8-5-6-9-17(16)25-19/h5-6,8-9,11,13,15H,2-4,7,10,14H2,1H3. The van der Waals surface area contributed by atoms with E-state index in [0.29, 0.717) is 19.0 Å². The first-order valence-electron chi connectivity index (χ1n) is 8.72. The van der Waals surface area contributed by atoms with E-state index >= 15 is 0 Å². The molecule has 6 heteroatoms. The van der Waals surface area contributed by atoms with Crippen LogP contribution in [0.15, 0.2) is 41.5 Å². The molecule has 0 saturated carbocycles. The molecule has 2 aromatic rings. The summed E-state index contributed by atoms with van der Waals surface area (Å²) in [5.74, 6) is 0. The molecular weight excluding hydrogens is 332 g/mol. The van der Waals surface area contributed by atoms with Crippen LogP contribution >= 0.6 is 11.3 Å². The zero-order valence-corrected chi connectivity index (χ0v) is 15.2. The Morgan fingerprint density at radius 2 is 2.16 bits per heavy atom. The van der Waals surface area contributed by atoms with Gasteiger partial charge in [0.05, 0.1) is 35.4 Å². The zero-order valence-electron chi connectivity index (χ0n) is 14.4. The Bertz CT molecular complexity index is 772. The van der Waals surface area contributed by atoms with E-state index in [1.165, 1.54) is 12.8 Å². The molecule has 0 spiro atoms. The van der Waals surface area contributed by atoms with Crippen LogP contribution in [0.25, 0.3) is 10.2 Å². The van der Waals surface area contributed by atoms with Gasteiger partial charge in [0, 0.05) is 6.20 Å². The third kappa shape index (κ3) is 4.18. The van der Waals surface area contributed by atoms with Crippen molar-refractivity contribution in [3.05, 3.63) is 36.5 Å². The first kappa shape index (κ1) is 17.4. The van der Waals surface area contributed by atoms with Crippen LogP contribution in [-0.2, 0) is 4.74 Å². The summed E-state index contributed by atoms with van der Waals surface area (Å²) in [5.41, 5.74) is 0.954. The van der Waals surface area contributed by atoms with Crippen molar-refractivity contribution in [2.75, 3.05) is 11.5 Å². The molecular formula is C19H22N4OS. The van der Waals surface area contributed by atoms with Crippen LogP contribution in [0.1, 0.15) is 39.0 Å². The predicted molar refractivity (Wildman–Crippen MR) is 103 cm³/mol. The topological polar surface area (TPSA) is 61.5 Å². The molecule has 1 aliphatic rings. The molecule has 0 bridgehead atoms. The Hall–Kier alpha value is -2.39. The van der Waals surface area contributed by atoms with E-state index in [1.54, 1.807) is 17.5 Å². The van der Waals surface area contributed by atoms with Crippen molar-refractivity contribution in [3.63, 3.8) is 0 Å². The highest BCUT2D eigenvalue weighted by molar-refractivity contribution is 7.22. The van der Waals surface area contributed by atoms with Gasteiger partial charge in [0.1, 0.15) is 0 Å². The molecule has 0 amide bonds. The van der Waals surface area contributed by atoms with Gasteiger partial charge >= 0.3 is 0 Å². The summed E-state index contributed by atoms with van der Waals surface area (Å²) in [6.07, 6.45) is 8.60. The van der Waals surface area contributed by atoms with E-state index in [9.17, 15) is 5.26 Å². The molecule has 25 heavy (non-hydrogen) atoms. The molecule has 130 valence electrons. The molecule has 0 fully saturated rings. The molecule has 0 saturated heterocycles. The van der Waals surface area contributed by atoms with Crippen molar-refractivity contribution in [1.29, 1.82) is 5.26 Å². The highest BCUT2D eigenvalue weighted by Gasteiger charge is 2.28. The van der Waals surface area contributed by atoms with Gasteiger partial charge in [0.25, 0.3) is 6.02 Å². The summed E-state index contributed by atoms with van der Waals surface area (Å²) >= 11 is 1.60. The van der Waals surface area contributed by atoms with E-state index in [-0.39, 0.29) is 6.04 Å². The number of benzene rings is 1. The lowest BCUT2D eigenvalue weighted by Gasteiger charge is -2.30. The second-order valence-corrected chi connectivity index (χ2v) is 6.94. The maximum atomic E-state index is 9.17. The first-order chi connectivity index (χ1) is 12.3. The van der Waals surface area contributed by atoms with Crippen molar-refractivity contribution in [1.82, 2.24) is 4.98 Å². The average molecular weight is 354 g/mol. The Labute approximate surface area is 152 Å². The van der Waals surface area contributed by atoms with Gasteiger partial charge in [-0.05, 0) is 24.6 Å². The zero-order chi connectivity index (χ0) is 17.5.